The molecule has 0 unspecified atom stereocenters. The third-order valence-corrected chi connectivity index (χ3v) is 7.31. The molecule has 8 heteroatoms. The highest BCUT2D eigenvalue weighted by Gasteiger charge is 2.47. The first-order valence-electron chi connectivity index (χ1n) is 9.06. The SMILES string of the molecule is CCN(CC)S(=O)(=O)c1ccc(N2C(=O)[C@H]3C[C@@H](C)CCN3C2=O)cc1. The minimum atomic E-state index is -3.56. The second kappa shape index (κ2) is 7.00. The van der Waals surface area contributed by atoms with Crippen molar-refractivity contribution in [3.63, 3.8) is 0 Å². The smallest absolute Gasteiger partial charge is 0.312 e. The summed E-state index contributed by atoms with van der Waals surface area (Å²) < 4.78 is 26.5. The number of urea groups is 1. The predicted molar refractivity (Wildman–Crippen MR) is 98.3 cm³/mol. The first kappa shape index (κ1) is 18.8. The molecular formula is C18H25N3O4S. The van der Waals surface area contributed by atoms with Crippen molar-refractivity contribution >= 4 is 27.6 Å². The number of hydrogen-bond donors (Lipinski definition) is 0. The van der Waals surface area contributed by atoms with E-state index >= 15 is 0 Å². The highest BCUT2D eigenvalue weighted by molar-refractivity contribution is 7.89. The molecule has 7 nitrogen and oxygen atoms in total. The van der Waals surface area contributed by atoms with Crippen LogP contribution >= 0.6 is 0 Å². The lowest BCUT2D eigenvalue weighted by molar-refractivity contribution is -0.120. The summed E-state index contributed by atoms with van der Waals surface area (Å²) in [6.45, 7) is 7.02. The van der Waals surface area contributed by atoms with E-state index in [2.05, 4.69) is 6.92 Å². The maximum atomic E-state index is 12.7. The van der Waals surface area contributed by atoms with E-state index < -0.39 is 16.1 Å². The normalized spacial score (nSPS) is 23.7. The number of nitrogens with zero attached hydrogens (tertiary/aromatic N) is 3. The standard InChI is InChI=1S/C18H25N3O4S/c1-4-19(5-2)26(24,25)15-8-6-14(7-9-15)21-17(22)16-12-13(3)10-11-20(16)18(21)23/h6-9,13,16H,4-5,10-12H2,1-3H3/t13-,16+/m0/s1. The summed E-state index contributed by atoms with van der Waals surface area (Å²) in [7, 11) is -3.56. The number of sulfonamides is 1. The molecule has 0 aliphatic carbocycles. The van der Waals surface area contributed by atoms with Crippen LogP contribution in [-0.4, -0.2) is 55.2 Å². The molecule has 3 amide bonds. The number of carbonyl (C=O) groups excluding carboxylic acids is 2. The van der Waals surface area contributed by atoms with Gasteiger partial charge in [-0.1, -0.05) is 20.8 Å². The van der Waals surface area contributed by atoms with E-state index in [1.54, 1.807) is 18.7 Å². The lowest BCUT2D eigenvalue weighted by atomic mass is 9.93. The molecule has 0 spiro atoms. The molecule has 0 N–H and O–H groups in total. The quantitative estimate of drug-likeness (QED) is 0.736. The Morgan fingerprint density at radius 3 is 2.31 bits per heavy atom. The summed E-state index contributed by atoms with van der Waals surface area (Å²) in [6.07, 6.45) is 1.57. The van der Waals surface area contributed by atoms with Gasteiger partial charge in [-0.3, -0.25) is 4.79 Å². The van der Waals surface area contributed by atoms with E-state index in [0.717, 1.165) is 6.42 Å². The largest absolute Gasteiger partial charge is 0.332 e. The van der Waals surface area contributed by atoms with Crippen LogP contribution in [0.15, 0.2) is 29.2 Å². The third-order valence-electron chi connectivity index (χ3n) is 5.25. The molecule has 2 fully saturated rings. The molecule has 142 valence electrons. The minimum absolute atomic E-state index is 0.162. The summed E-state index contributed by atoms with van der Waals surface area (Å²) in [5, 5.41) is 0. The van der Waals surface area contributed by atoms with Gasteiger partial charge in [-0.15, -0.1) is 0 Å². The van der Waals surface area contributed by atoms with Crippen molar-refractivity contribution < 1.29 is 18.0 Å². The van der Waals surface area contributed by atoms with Crippen LogP contribution in [0.2, 0.25) is 0 Å². The Balaban J connectivity index is 1.87. The molecule has 2 atom stereocenters. The number of fused-ring (bicyclic) bond motifs is 1. The molecule has 2 heterocycles. The van der Waals surface area contributed by atoms with Crippen molar-refractivity contribution in [2.75, 3.05) is 24.5 Å². The number of amides is 3. The summed E-state index contributed by atoms with van der Waals surface area (Å²) >= 11 is 0. The van der Waals surface area contributed by atoms with Gasteiger partial charge in [0.05, 0.1) is 10.6 Å². The molecule has 1 aromatic carbocycles. The van der Waals surface area contributed by atoms with Gasteiger partial charge < -0.3 is 4.90 Å². The second-order valence-electron chi connectivity index (χ2n) is 6.88. The number of rotatable bonds is 5. The third kappa shape index (κ3) is 3.01. The molecule has 2 aliphatic heterocycles. The van der Waals surface area contributed by atoms with Gasteiger partial charge in [0.25, 0.3) is 5.91 Å². The number of hydrogen-bond acceptors (Lipinski definition) is 4. The Morgan fingerprint density at radius 2 is 1.73 bits per heavy atom. The fraction of sp³-hybridized carbons (Fsp3) is 0.556. The van der Waals surface area contributed by atoms with E-state index in [1.165, 1.54) is 33.5 Å². The summed E-state index contributed by atoms with van der Waals surface area (Å²) in [6, 6.07) is 5.28. The molecule has 1 aromatic rings. The number of piperidine rings is 1. The zero-order chi connectivity index (χ0) is 19.1. The number of imide groups is 1. The molecule has 2 aliphatic rings. The Morgan fingerprint density at radius 1 is 1.12 bits per heavy atom. The maximum Gasteiger partial charge on any atom is 0.332 e. The van der Waals surface area contributed by atoms with Crippen molar-refractivity contribution in [3.05, 3.63) is 24.3 Å². The van der Waals surface area contributed by atoms with Gasteiger partial charge in [0.1, 0.15) is 6.04 Å². The van der Waals surface area contributed by atoms with Gasteiger partial charge in [0.2, 0.25) is 10.0 Å². The van der Waals surface area contributed by atoms with Crippen LogP contribution in [0.5, 0.6) is 0 Å². The highest BCUT2D eigenvalue weighted by Crippen LogP contribution is 2.33. The Labute approximate surface area is 154 Å². The van der Waals surface area contributed by atoms with Crippen molar-refractivity contribution in [1.82, 2.24) is 9.21 Å². The maximum absolute atomic E-state index is 12.7. The monoisotopic (exact) mass is 379 g/mol. The van der Waals surface area contributed by atoms with Crippen molar-refractivity contribution in [1.29, 1.82) is 0 Å². The lowest BCUT2D eigenvalue weighted by Crippen LogP contribution is -2.41. The number of benzene rings is 1. The van der Waals surface area contributed by atoms with E-state index in [0.29, 0.717) is 37.7 Å². The molecule has 2 saturated heterocycles. The van der Waals surface area contributed by atoms with Crippen LogP contribution < -0.4 is 4.90 Å². The Hall–Kier alpha value is -1.93. The molecule has 0 radical (unpaired) electrons. The van der Waals surface area contributed by atoms with E-state index in [-0.39, 0.29) is 16.8 Å². The van der Waals surface area contributed by atoms with Crippen molar-refractivity contribution in [2.45, 2.75) is 44.6 Å². The second-order valence-corrected chi connectivity index (χ2v) is 8.82. The summed E-state index contributed by atoms with van der Waals surface area (Å²) in [5.74, 6) is 0.190. The van der Waals surface area contributed by atoms with Crippen LogP contribution in [0.4, 0.5) is 10.5 Å². The van der Waals surface area contributed by atoms with Crippen molar-refractivity contribution in [3.8, 4) is 0 Å². The fourth-order valence-electron chi connectivity index (χ4n) is 3.69. The number of anilines is 1. The Kier molecular flexibility index (Phi) is 5.07. The van der Waals surface area contributed by atoms with Crippen LogP contribution in [-0.2, 0) is 14.8 Å². The number of carbonyl (C=O) groups is 2. The molecule has 26 heavy (non-hydrogen) atoms. The average Bonchev–Trinajstić information content (AvgIpc) is 2.86. The molecule has 0 bridgehead atoms. The summed E-state index contributed by atoms with van der Waals surface area (Å²) in [5.41, 5.74) is 0.417. The van der Waals surface area contributed by atoms with Crippen LogP contribution in [0, 0.1) is 5.92 Å². The first-order valence-corrected chi connectivity index (χ1v) is 10.5. The summed E-state index contributed by atoms with van der Waals surface area (Å²) in [4.78, 5) is 28.3. The van der Waals surface area contributed by atoms with Gasteiger partial charge in [-0.2, -0.15) is 4.31 Å². The average molecular weight is 379 g/mol. The minimum Gasteiger partial charge on any atom is -0.312 e. The first-order chi connectivity index (χ1) is 12.3. The van der Waals surface area contributed by atoms with E-state index in [9.17, 15) is 18.0 Å². The van der Waals surface area contributed by atoms with E-state index in [4.69, 9.17) is 0 Å². The molecule has 0 saturated carbocycles. The Bertz CT molecular complexity index is 802. The van der Waals surface area contributed by atoms with Gasteiger partial charge in [-0.05, 0) is 43.0 Å². The van der Waals surface area contributed by atoms with Gasteiger partial charge >= 0.3 is 6.03 Å². The van der Waals surface area contributed by atoms with E-state index in [1.807, 2.05) is 0 Å². The van der Waals surface area contributed by atoms with Crippen LogP contribution in [0.25, 0.3) is 0 Å². The molecule has 0 aromatic heterocycles. The fourth-order valence-corrected chi connectivity index (χ4v) is 5.15. The van der Waals surface area contributed by atoms with Gasteiger partial charge in [-0.25, -0.2) is 18.1 Å². The lowest BCUT2D eigenvalue weighted by Gasteiger charge is -2.30. The van der Waals surface area contributed by atoms with Crippen LogP contribution in [0.1, 0.15) is 33.6 Å². The predicted octanol–water partition coefficient (Wildman–Crippen LogP) is 2.28. The molecule has 3 rings (SSSR count). The zero-order valence-electron chi connectivity index (χ0n) is 15.4. The zero-order valence-corrected chi connectivity index (χ0v) is 16.2. The highest BCUT2D eigenvalue weighted by atomic mass is 32.2. The molecular weight excluding hydrogens is 354 g/mol. The van der Waals surface area contributed by atoms with Gasteiger partial charge in [0, 0.05) is 19.6 Å². The van der Waals surface area contributed by atoms with Gasteiger partial charge in [0.15, 0.2) is 0 Å². The van der Waals surface area contributed by atoms with Crippen molar-refractivity contribution in [2.24, 2.45) is 5.92 Å². The topological polar surface area (TPSA) is 78.0 Å². The van der Waals surface area contributed by atoms with Crippen LogP contribution in [0.3, 0.4) is 0 Å².